The summed E-state index contributed by atoms with van der Waals surface area (Å²) in [7, 11) is -0.861. The van der Waals surface area contributed by atoms with E-state index in [4.69, 9.17) is 14.0 Å². The van der Waals surface area contributed by atoms with Crippen molar-refractivity contribution >= 4 is 35.2 Å². The van der Waals surface area contributed by atoms with E-state index in [1.807, 2.05) is 52.0 Å². The molecule has 0 aromatic heterocycles. The predicted octanol–water partition coefficient (Wildman–Crippen LogP) is 7.28. The van der Waals surface area contributed by atoms with Crippen LogP contribution in [-0.4, -0.2) is 37.6 Å². The molecular weight excluding hydrogens is 567 g/mol. The van der Waals surface area contributed by atoms with E-state index in [1.165, 1.54) is 12.1 Å². The second-order valence-corrected chi connectivity index (χ2v) is 11.6. The molecule has 5 rings (SSSR count). The van der Waals surface area contributed by atoms with Crippen LogP contribution >= 0.6 is 15.9 Å². The molecule has 1 aliphatic heterocycles. The zero-order valence-electron chi connectivity index (χ0n) is 22.2. The Morgan fingerprint density at radius 1 is 1.00 bits per heavy atom. The third-order valence-corrected chi connectivity index (χ3v) is 8.37. The first-order valence-corrected chi connectivity index (χ1v) is 13.6. The summed E-state index contributed by atoms with van der Waals surface area (Å²) in [4.78, 5) is 12.9. The molecule has 0 atom stereocenters. The van der Waals surface area contributed by atoms with Gasteiger partial charge >= 0.3 is 13.2 Å². The molecule has 0 saturated carbocycles. The lowest BCUT2D eigenvalue weighted by molar-refractivity contribution is 0.00578. The molecule has 1 amide bonds. The van der Waals surface area contributed by atoms with Crippen molar-refractivity contribution in [2.45, 2.75) is 44.8 Å². The van der Waals surface area contributed by atoms with Crippen molar-refractivity contribution in [3.63, 3.8) is 0 Å². The van der Waals surface area contributed by atoms with Gasteiger partial charge in [0.15, 0.2) is 0 Å². The summed E-state index contributed by atoms with van der Waals surface area (Å²) in [5, 5.41) is 2.76. The maximum absolute atomic E-state index is 14.7. The summed E-state index contributed by atoms with van der Waals surface area (Å²) in [6.45, 7) is 7.73. The van der Waals surface area contributed by atoms with Crippen molar-refractivity contribution in [3.8, 4) is 11.1 Å². The van der Waals surface area contributed by atoms with Gasteiger partial charge in [0, 0.05) is 28.6 Å². The minimum atomic E-state index is -0.861. The van der Waals surface area contributed by atoms with Crippen molar-refractivity contribution in [1.29, 1.82) is 0 Å². The van der Waals surface area contributed by atoms with Crippen molar-refractivity contribution in [3.05, 3.63) is 98.9 Å². The van der Waals surface area contributed by atoms with Crippen LogP contribution in [0.1, 0.15) is 50.3 Å². The summed E-state index contributed by atoms with van der Waals surface area (Å²) in [5.74, 6) is -1.53. The van der Waals surface area contributed by atoms with Gasteiger partial charge < -0.3 is 19.4 Å². The summed E-state index contributed by atoms with van der Waals surface area (Å²) >= 11 is 3.23. The SMILES string of the molecule is CC1(C)OB(C(=Cc2c(F)cc(F)cc2Br)CNC(=O)OCC2c3ccccc3-c3ccccc32)OC1(C)C. The van der Waals surface area contributed by atoms with Crippen LogP contribution in [-0.2, 0) is 14.0 Å². The fourth-order valence-corrected chi connectivity index (χ4v) is 5.42. The number of alkyl carbamates (subject to hydrolysis) is 1. The molecule has 1 fully saturated rings. The normalized spacial score (nSPS) is 17.6. The van der Waals surface area contributed by atoms with Crippen LogP contribution in [0.15, 0.2) is 70.6 Å². The van der Waals surface area contributed by atoms with Crippen LogP contribution in [0.5, 0.6) is 0 Å². The van der Waals surface area contributed by atoms with E-state index >= 15 is 0 Å². The number of halogens is 3. The molecule has 9 heteroatoms. The van der Waals surface area contributed by atoms with E-state index in [-0.39, 0.29) is 29.1 Å². The molecular formula is C30H29BBrF2NO4. The fraction of sp³-hybridized carbons (Fsp3) is 0.300. The Labute approximate surface area is 235 Å². The molecule has 0 bridgehead atoms. The van der Waals surface area contributed by atoms with Crippen molar-refractivity contribution in [2.24, 2.45) is 0 Å². The van der Waals surface area contributed by atoms with E-state index in [0.717, 1.165) is 28.3 Å². The first kappa shape index (κ1) is 27.6. The Bertz CT molecular complexity index is 1370. The van der Waals surface area contributed by atoms with Crippen LogP contribution in [0.4, 0.5) is 13.6 Å². The third-order valence-electron chi connectivity index (χ3n) is 7.71. The third kappa shape index (κ3) is 5.40. The quantitative estimate of drug-likeness (QED) is 0.304. The highest BCUT2D eigenvalue weighted by Gasteiger charge is 2.52. The van der Waals surface area contributed by atoms with E-state index in [2.05, 4.69) is 45.5 Å². The Hall–Kier alpha value is -3.01. The first-order chi connectivity index (χ1) is 18.5. The number of carbonyl (C=O) groups excluding carboxylic acids is 1. The Balaban J connectivity index is 1.33. The van der Waals surface area contributed by atoms with E-state index in [1.54, 1.807) is 0 Å². The molecule has 5 nitrogen and oxygen atoms in total. The topological polar surface area (TPSA) is 56.8 Å². The largest absolute Gasteiger partial charge is 0.492 e. The molecule has 2 aliphatic rings. The lowest BCUT2D eigenvalue weighted by Gasteiger charge is -2.32. The predicted molar refractivity (Wildman–Crippen MR) is 151 cm³/mol. The van der Waals surface area contributed by atoms with E-state index in [0.29, 0.717) is 5.47 Å². The average Bonchev–Trinajstić information content (AvgIpc) is 3.31. The summed E-state index contributed by atoms with van der Waals surface area (Å²) in [6.07, 6.45) is 0.878. The molecule has 202 valence electrons. The Kier molecular flexibility index (Phi) is 7.44. The van der Waals surface area contributed by atoms with Gasteiger partial charge in [-0.3, -0.25) is 0 Å². The number of amides is 1. The lowest BCUT2D eigenvalue weighted by atomic mass is 9.77. The minimum Gasteiger partial charge on any atom is -0.449 e. The number of fused-ring (bicyclic) bond motifs is 3. The number of hydrogen-bond acceptors (Lipinski definition) is 4. The lowest BCUT2D eigenvalue weighted by Crippen LogP contribution is -2.41. The minimum absolute atomic E-state index is 0.0310. The number of benzene rings is 3. The monoisotopic (exact) mass is 595 g/mol. The fourth-order valence-electron chi connectivity index (χ4n) is 4.90. The van der Waals surface area contributed by atoms with E-state index in [9.17, 15) is 13.6 Å². The van der Waals surface area contributed by atoms with Crippen molar-refractivity contribution in [2.75, 3.05) is 13.2 Å². The van der Waals surface area contributed by atoms with Crippen LogP contribution in [0.2, 0.25) is 0 Å². The molecule has 0 unspecified atom stereocenters. The molecule has 1 saturated heterocycles. The van der Waals surface area contributed by atoms with Gasteiger partial charge in [0.2, 0.25) is 0 Å². The van der Waals surface area contributed by atoms with Gasteiger partial charge in [-0.1, -0.05) is 54.6 Å². The van der Waals surface area contributed by atoms with Gasteiger partial charge in [-0.15, -0.1) is 0 Å². The van der Waals surface area contributed by atoms with Crippen LogP contribution in [0, 0.1) is 11.6 Å². The van der Waals surface area contributed by atoms with Crippen molar-refractivity contribution < 1.29 is 27.6 Å². The molecule has 3 aromatic carbocycles. The van der Waals surface area contributed by atoms with Gasteiger partial charge in [0.25, 0.3) is 0 Å². The number of nitrogens with one attached hydrogen (secondary N) is 1. The average molecular weight is 596 g/mol. The highest BCUT2D eigenvalue weighted by atomic mass is 79.9. The summed E-state index contributed by atoms with van der Waals surface area (Å²) in [6, 6.07) is 18.2. The molecule has 3 aromatic rings. The maximum atomic E-state index is 14.7. The van der Waals surface area contributed by atoms with Gasteiger partial charge in [-0.25, -0.2) is 13.6 Å². The number of rotatable bonds is 6. The first-order valence-electron chi connectivity index (χ1n) is 12.8. The second-order valence-electron chi connectivity index (χ2n) is 10.8. The summed E-state index contributed by atoms with van der Waals surface area (Å²) < 4.78 is 46.6. The maximum Gasteiger partial charge on any atom is 0.492 e. The standard InChI is InChI=1S/C30H29BBrF2NO4/c1-29(2)30(3,4)39-31(38-29)18(13-24-26(32)14-19(33)15-27(24)34)16-35-28(36)37-17-25-22-11-7-5-9-20(22)21-10-6-8-12-23(21)25/h5-15,25H,16-17H2,1-4H3,(H,35,36). The Morgan fingerprint density at radius 3 is 2.13 bits per heavy atom. The molecule has 1 aliphatic carbocycles. The number of hydrogen-bond donors (Lipinski definition) is 1. The van der Waals surface area contributed by atoms with Gasteiger partial charge in [0.05, 0.1) is 11.2 Å². The van der Waals surface area contributed by atoms with Gasteiger partial charge in [-0.05, 0) is 77.4 Å². The highest BCUT2D eigenvalue weighted by molar-refractivity contribution is 9.10. The molecule has 1 N–H and O–H groups in total. The highest BCUT2D eigenvalue weighted by Crippen LogP contribution is 2.44. The van der Waals surface area contributed by atoms with Crippen LogP contribution in [0.25, 0.3) is 17.2 Å². The van der Waals surface area contributed by atoms with Gasteiger partial charge in [0.1, 0.15) is 18.2 Å². The number of carbonyl (C=O) groups is 1. The van der Waals surface area contributed by atoms with Gasteiger partial charge in [-0.2, -0.15) is 0 Å². The smallest absolute Gasteiger partial charge is 0.449 e. The molecule has 39 heavy (non-hydrogen) atoms. The second kappa shape index (κ2) is 10.5. The van der Waals surface area contributed by atoms with Crippen LogP contribution < -0.4 is 5.32 Å². The number of ether oxygens (including phenoxy) is 1. The Morgan fingerprint density at radius 2 is 1.56 bits per heavy atom. The van der Waals surface area contributed by atoms with Crippen LogP contribution in [0.3, 0.4) is 0 Å². The zero-order valence-corrected chi connectivity index (χ0v) is 23.8. The summed E-state index contributed by atoms with van der Waals surface area (Å²) in [5.41, 5.74) is 3.77. The zero-order chi connectivity index (χ0) is 27.9. The van der Waals surface area contributed by atoms with E-state index < -0.39 is 36.0 Å². The molecule has 1 heterocycles. The van der Waals surface area contributed by atoms with Crippen molar-refractivity contribution in [1.82, 2.24) is 5.32 Å². The molecule has 0 spiro atoms. The molecule has 0 radical (unpaired) electrons.